The second-order valence-corrected chi connectivity index (χ2v) is 6.25. The van der Waals surface area contributed by atoms with Gasteiger partial charge in [-0.05, 0) is 45.2 Å². The van der Waals surface area contributed by atoms with Gasteiger partial charge in [-0.2, -0.15) is 0 Å². The number of hydrogen-bond acceptors (Lipinski definition) is 3. The van der Waals surface area contributed by atoms with Crippen LogP contribution in [0.15, 0.2) is 4.99 Å². The Kier molecular flexibility index (Phi) is 9.85. The van der Waals surface area contributed by atoms with Gasteiger partial charge in [0.15, 0.2) is 5.96 Å². The third kappa shape index (κ3) is 7.69. The number of guanidine groups is 1. The van der Waals surface area contributed by atoms with Gasteiger partial charge >= 0.3 is 0 Å². The number of carbonyl (C=O) groups excluding carboxylic acids is 1. The molecular formula is C16H32IN5O. The Morgan fingerprint density at radius 1 is 1.26 bits per heavy atom. The number of amides is 1. The molecule has 1 heterocycles. The molecule has 2 aliphatic rings. The summed E-state index contributed by atoms with van der Waals surface area (Å²) in [5.74, 6) is 1.02. The molecule has 1 aliphatic heterocycles. The van der Waals surface area contributed by atoms with Crippen LogP contribution in [0.1, 0.15) is 45.4 Å². The van der Waals surface area contributed by atoms with Crippen LogP contribution >= 0.6 is 24.0 Å². The molecule has 2 rings (SSSR count). The summed E-state index contributed by atoms with van der Waals surface area (Å²) in [6.45, 7) is 6.27. The minimum Gasteiger partial charge on any atom is -0.356 e. The van der Waals surface area contributed by atoms with E-state index in [4.69, 9.17) is 0 Å². The number of nitrogens with zero attached hydrogens (tertiary/aromatic N) is 2. The topological polar surface area (TPSA) is 68.8 Å². The van der Waals surface area contributed by atoms with Gasteiger partial charge in [0.1, 0.15) is 0 Å². The van der Waals surface area contributed by atoms with Crippen LogP contribution in [-0.2, 0) is 4.79 Å². The van der Waals surface area contributed by atoms with Gasteiger partial charge in [0.05, 0.1) is 0 Å². The summed E-state index contributed by atoms with van der Waals surface area (Å²) in [6.07, 6.45) is 6.28. The highest BCUT2D eigenvalue weighted by Gasteiger charge is 2.23. The molecule has 1 atom stereocenters. The molecule has 2 fully saturated rings. The van der Waals surface area contributed by atoms with Crippen LogP contribution in [-0.4, -0.2) is 62.1 Å². The van der Waals surface area contributed by atoms with Gasteiger partial charge in [0.25, 0.3) is 0 Å². The predicted octanol–water partition coefficient (Wildman–Crippen LogP) is 1.31. The van der Waals surface area contributed by atoms with Crippen molar-refractivity contribution >= 4 is 35.8 Å². The summed E-state index contributed by atoms with van der Waals surface area (Å²) in [4.78, 5) is 18.4. The number of likely N-dealkylation sites (tertiary alicyclic amines) is 1. The highest BCUT2D eigenvalue weighted by Crippen LogP contribution is 2.18. The second kappa shape index (κ2) is 11.1. The van der Waals surface area contributed by atoms with Gasteiger partial charge in [-0.25, -0.2) is 0 Å². The fraction of sp³-hybridized carbons (Fsp3) is 0.875. The zero-order valence-corrected chi connectivity index (χ0v) is 16.8. The first kappa shape index (κ1) is 20.5. The van der Waals surface area contributed by atoms with Crippen molar-refractivity contribution in [3.8, 4) is 0 Å². The van der Waals surface area contributed by atoms with E-state index in [0.29, 0.717) is 18.5 Å². The van der Waals surface area contributed by atoms with E-state index in [2.05, 4.69) is 32.8 Å². The number of carbonyl (C=O) groups is 1. The summed E-state index contributed by atoms with van der Waals surface area (Å²) in [5.41, 5.74) is 0. The molecule has 1 amide bonds. The standard InChI is InChI=1S/C16H31N5O.HI/c1-3-21-11-5-6-14(21)12-19-16(17-2)18-10-4-7-15(22)20-13-8-9-13;/h13-14H,3-12H2,1-2H3,(H,20,22)(H2,17,18,19);1H. The van der Waals surface area contributed by atoms with Crippen molar-refractivity contribution in [2.24, 2.45) is 4.99 Å². The summed E-state index contributed by atoms with van der Waals surface area (Å²) >= 11 is 0. The van der Waals surface area contributed by atoms with Crippen molar-refractivity contribution in [1.82, 2.24) is 20.9 Å². The van der Waals surface area contributed by atoms with Crippen molar-refractivity contribution in [3.63, 3.8) is 0 Å². The molecule has 0 aromatic rings. The van der Waals surface area contributed by atoms with Crippen LogP contribution < -0.4 is 16.0 Å². The highest BCUT2D eigenvalue weighted by atomic mass is 127. The minimum absolute atomic E-state index is 0. The summed E-state index contributed by atoms with van der Waals surface area (Å²) < 4.78 is 0. The molecule has 3 N–H and O–H groups in total. The molecule has 6 nitrogen and oxygen atoms in total. The molecule has 0 aromatic carbocycles. The SMILES string of the molecule is CCN1CCCC1CNC(=NC)NCCCC(=O)NC1CC1.I. The molecule has 0 bridgehead atoms. The number of aliphatic imine (C=N–C) groups is 1. The van der Waals surface area contributed by atoms with Gasteiger partial charge in [0.2, 0.25) is 5.91 Å². The fourth-order valence-electron chi connectivity index (χ4n) is 2.96. The monoisotopic (exact) mass is 437 g/mol. The third-order valence-corrected chi connectivity index (χ3v) is 4.45. The van der Waals surface area contributed by atoms with Gasteiger partial charge < -0.3 is 16.0 Å². The van der Waals surface area contributed by atoms with E-state index in [9.17, 15) is 4.79 Å². The molecule has 1 unspecified atom stereocenters. The van der Waals surface area contributed by atoms with E-state index < -0.39 is 0 Å². The van der Waals surface area contributed by atoms with Crippen molar-refractivity contribution in [1.29, 1.82) is 0 Å². The lowest BCUT2D eigenvalue weighted by molar-refractivity contribution is -0.121. The van der Waals surface area contributed by atoms with Crippen molar-refractivity contribution in [2.75, 3.05) is 33.2 Å². The lowest BCUT2D eigenvalue weighted by Crippen LogP contribution is -2.45. The van der Waals surface area contributed by atoms with E-state index in [0.717, 1.165) is 44.9 Å². The quantitative estimate of drug-likeness (QED) is 0.232. The number of nitrogens with one attached hydrogen (secondary N) is 3. The fourth-order valence-corrected chi connectivity index (χ4v) is 2.96. The summed E-state index contributed by atoms with van der Waals surface area (Å²) in [7, 11) is 1.79. The maximum Gasteiger partial charge on any atom is 0.220 e. The maximum atomic E-state index is 11.6. The number of halogens is 1. The third-order valence-electron chi connectivity index (χ3n) is 4.45. The predicted molar refractivity (Wildman–Crippen MR) is 105 cm³/mol. The van der Waals surface area contributed by atoms with E-state index in [1.165, 1.54) is 19.4 Å². The van der Waals surface area contributed by atoms with Crippen LogP contribution in [0.25, 0.3) is 0 Å². The van der Waals surface area contributed by atoms with Crippen LogP contribution in [0.3, 0.4) is 0 Å². The molecule has 134 valence electrons. The zero-order chi connectivity index (χ0) is 15.8. The first-order valence-electron chi connectivity index (χ1n) is 8.71. The molecule has 1 saturated heterocycles. The normalized spacial score (nSPS) is 21.7. The Balaban J connectivity index is 0.00000264. The van der Waals surface area contributed by atoms with Crippen LogP contribution in [0, 0.1) is 0 Å². The zero-order valence-electron chi connectivity index (χ0n) is 14.4. The summed E-state index contributed by atoms with van der Waals surface area (Å²) in [6, 6.07) is 1.08. The average molecular weight is 437 g/mol. The van der Waals surface area contributed by atoms with Crippen molar-refractivity contribution < 1.29 is 4.79 Å². The Labute approximate surface area is 157 Å². The molecule has 0 spiro atoms. The van der Waals surface area contributed by atoms with Crippen LogP contribution in [0.2, 0.25) is 0 Å². The Morgan fingerprint density at radius 3 is 2.70 bits per heavy atom. The maximum absolute atomic E-state index is 11.6. The lowest BCUT2D eigenvalue weighted by Gasteiger charge is -2.23. The van der Waals surface area contributed by atoms with E-state index in [-0.39, 0.29) is 29.9 Å². The minimum atomic E-state index is 0. The Morgan fingerprint density at radius 2 is 2.04 bits per heavy atom. The van der Waals surface area contributed by atoms with Crippen molar-refractivity contribution in [2.45, 2.75) is 57.5 Å². The molecule has 1 aliphatic carbocycles. The average Bonchev–Trinajstić information content (AvgIpc) is 3.21. The highest BCUT2D eigenvalue weighted by molar-refractivity contribution is 14.0. The Bertz CT molecular complexity index is 387. The largest absolute Gasteiger partial charge is 0.356 e. The first-order valence-corrected chi connectivity index (χ1v) is 8.71. The molecule has 23 heavy (non-hydrogen) atoms. The van der Waals surface area contributed by atoms with E-state index >= 15 is 0 Å². The number of rotatable bonds is 8. The van der Waals surface area contributed by atoms with E-state index in [1.54, 1.807) is 7.05 Å². The first-order chi connectivity index (χ1) is 10.7. The van der Waals surface area contributed by atoms with E-state index in [1.807, 2.05) is 0 Å². The molecule has 1 saturated carbocycles. The number of likely N-dealkylation sites (N-methyl/N-ethyl adjacent to an activating group) is 1. The molecular weight excluding hydrogens is 405 g/mol. The van der Waals surface area contributed by atoms with Gasteiger partial charge in [-0.15, -0.1) is 24.0 Å². The van der Waals surface area contributed by atoms with Gasteiger partial charge in [0, 0.05) is 38.6 Å². The Hall–Kier alpha value is -0.570. The molecule has 7 heteroatoms. The lowest BCUT2D eigenvalue weighted by atomic mass is 10.2. The molecule has 0 radical (unpaired) electrons. The van der Waals surface area contributed by atoms with Gasteiger partial charge in [-0.1, -0.05) is 6.92 Å². The second-order valence-electron chi connectivity index (χ2n) is 6.25. The van der Waals surface area contributed by atoms with Gasteiger partial charge in [-0.3, -0.25) is 14.7 Å². The van der Waals surface area contributed by atoms with Crippen LogP contribution in [0.5, 0.6) is 0 Å². The van der Waals surface area contributed by atoms with Crippen molar-refractivity contribution in [3.05, 3.63) is 0 Å². The van der Waals surface area contributed by atoms with Crippen LogP contribution in [0.4, 0.5) is 0 Å². The molecule has 0 aromatic heterocycles. The summed E-state index contributed by atoms with van der Waals surface area (Å²) in [5, 5.41) is 9.70. The number of hydrogen-bond donors (Lipinski definition) is 3. The smallest absolute Gasteiger partial charge is 0.220 e.